The topological polar surface area (TPSA) is 60.4 Å². The Morgan fingerprint density at radius 3 is 2.50 bits per heavy atom. The zero-order chi connectivity index (χ0) is 14.7. The lowest BCUT2D eigenvalue weighted by molar-refractivity contribution is 0.242. The number of ether oxygens (including phenoxy) is 1. The molecule has 0 spiro atoms. The number of rotatable bonds is 5. The van der Waals surface area contributed by atoms with Crippen molar-refractivity contribution < 1.29 is 9.15 Å². The van der Waals surface area contributed by atoms with Crippen LogP contribution in [-0.4, -0.2) is 6.10 Å². The summed E-state index contributed by atoms with van der Waals surface area (Å²) in [5, 5.41) is 3.37. The van der Waals surface area contributed by atoms with Crippen LogP contribution in [0, 0.1) is 6.92 Å². The highest BCUT2D eigenvalue weighted by atomic mass is 16.5. The summed E-state index contributed by atoms with van der Waals surface area (Å²) in [7, 11) is 0. The first-order valence-electron chi connectivity index (χ1n) is 6.84. The highest BCUT2D eigenvalue weighted by molar-refractivity contribution is 5.59. The van der Waals surface area contributed by atoms with Gasteiger partial charge in [0.25, 0.3) is 0 Å². The van der Waals surface area contributed by atoms with E-state index in [2.05, 4.69) is 5.32 Å². The Bertz CT molecular complexity index is 576. The van der Waals surface area contributed by atoms with E-state index in [-0.39, 0.29) is 12.1 Å². The van der Waals surface area contributed by atoms with Gasteiger partial charge in [0.05, 0.1) is 12.1 Å². The largest absolute Gasteiger partial charge is 0.491 e. The van der Waals surface area contributed by atoms with Crippen LogP contribution in [0.25, 0.3) is 0 Å². The van der Waals surface area contributed by atoms with Crippen LogP contribution < -0.4 is 15.8 Å². The summed E-state index contributed by atoms with van der Waals surface area (Å²) >= 11 is 0. The fourth-order valence-electron chi connectivity index (χ4n) is 2.05. The molecular weight excluding hydrogens is 252 g/mol. The van der Waals surface area contributed by atoms with Crippen molar-refractivity contribution >= 4 is 11.4 Å². The molecule has 1 aromatic heterocycles. The third-order valence-corrected chi connectivity index (χ3v) is 2.87. The van der Waals surface area contributed by atoms with E-state index in [9.17, 15) is 0 Å². The van der Waals surface area contributed by atoms with Gasteiger partial charge in [-0.15, -0.1) is 0 Å². The number of nitrogens with two attached hydrogens (primary N) is 1. The van der Waals surface area contributed by atoms with Crippen LogP contribution in [-0.2, 0) is 0 Å². The molecule has 0 amide bonds. The van der Waals surface area contributed by atoms with Crippen molar-refractivity contribution in [2.24, 2.45) is 0 Å². The predicted octanol–water partition coefficient (Wildman–Crippen LogP) is 4.13. The quantitative estimate of drug-likeness (QED) is 0.805. The lowest BCUT2D eigenvalue weighted by Crippen LogP contribution is -2.08. The van der Waals surface area contributed by atoms with Gasteiger partial charge in [-0.3, -0.25) is 0 Å². The highest BCUT2D eigenvalue weighted by Crippen LogP contribution is 2.27. The molecule has 0 fully saturated rings. The number of nitrogen functional groups attached to an aromatic ring is 1. The van der Waals surface area contributed by atoms with Gasteiger partial charge in [0.15, 0.2) is 0 Å². The summed E-state index contributed by atoms with van der Waals surface area (Å²) in [6, 6.07) is 9.66. The zero-order valence-corrected chi connectivity index (χ0v) is 12.4. The van der Waals surface area contributed by atoms with Gasteiger partial charge in [0.2, 0.25) is 0 Å². The smallest absolute Gasteiger partial charge is 0.126 e. The lowest BCUT2D eigenvalue weighted by atomic mass is 10.2. The van der Waals surface area contributed by atoms with Crippen molar-refractivity contribution in [1.82, 2.24) is 0 Å². The summed E-state index contributed by atoms with van der Waals surface area (Å²) in [4.78, 5) is 0. The predicted molar refractivity (Wildman–Crippen MR) is 82.1 cm³/mol. The lowest BCUT2D eigenvalue weighted by Gasteiger charge is -2.16. The molecule has 2 aromatic rings. The second-order valence-electron chi connectivity index (χ2n) is 5.27. The van der Waals surface area contributed by atoms with E-state index in [1.807, 2.05) is 58.0 Å². The van der Waals surface area contributed by atoms with Gasteiger partial charge in [0, 0.05) is 23.5 Å². The normalized spacial score (nSPS) is 12.4. The first-order chi connectivity index (χ1) is 9.44. The SMILES string of the molecule is Cc1ccc(C(C)Nc2cc(N)cc(OC(C)C)c2)o1. The first kappa shape index (κ1) is 14.3. The molecule has 0 aliphatic rings. The summed E-state index contributed by atoms with van der Waals surface area (Å²) in [6.45, 7) is 7.96. The molecule has 2 rings (SSSR count). The number of anilines is 2. The minimum absolute atomic E-state index is 0.0670. The van der Waals surface area contributed by atoms with Crippen molar-refractivity contribution in [2.45, 2.75) is 39.8 Å². The van der Waals surface area contributed by atoms with Gasteiger partial charge in [-0.05, 0) is 45.9 Å². The van der Waals surface area contributed by atoms with Gasteiger partial charge < -0.3 is 20.2 Å². The Labute approximate surface area is 119 Å². The van der Waals surface area contributed by atoms with Gasteiger partial charge in [-0.25, -0.2) is 0 Å². The van der Waals surface area contributed by atoms with E-state index in [4.69, 9.17) is 14.9 Å². The van der Waals surface area contributed by atoms with E-state index in [0.29, 0.717) is 5.69 Å². The van der Waals surface area contributed by atoms with Crippen molar-refractivity contribution in [3.8, 4) is 5.75 Å². The van der Waals surface area contributed by atoms with E-state index in [0.717, 1.165) is 23.0 Å². The summed E-state index contributed by atoms with van der Waals surface area (Å²) < 4.78 is 11.3. The molecule has 108 valence electrons. The number of nitrogens with one attached hydrogen (secondary N) is 1. The van der Waals surface area contributed by atoms with Gasteiger partial charge in [-0.1, -0.05) is 0 Å². The molecule has 1 atom stereocenters. The van der Waals surface area contributed by atoms with Crippen LogP contribution in [0.5, 0.6) is 5.75 Å². The van der Waals surface area contributed by atoms with Crippen LogP contribution in [0.15, 0.2) is 34.7 Å². The van der Waals surface area contributed by atoms with Gasteiger partial charge in [-0.2, -0.15) is 0 Å². The Hall–Kier alpha value is -2.10. The molecule has 0 saturated heterocycles. The van der Waals surface area contributed by atoms with Crippen LogP contribution in [0.3, 0.4) is 0 Å². The molecule has 0 radical (unpaired) electrons. The average Bonchev–Trinajstić information content (AvgIpc) is 2.74. The van der Waals surface area contributed by atoms with Gasteiger partial charge >= 0.3 is 0 Å². The van der Waals surface area contributed by atoms with Crippen LogP contribution in [0.2, 0.25) is 0 Å². The van der Waals surface area contributed by atoms with E-state index in [1.54, 1.807) is 0 Å². The summed E-state index contributed by atoms with van der Waals surface area (Å²) in [5.74, 6) is 2.58. The molecular formula is C16H22N2O2. The molecule has 1 heterocycles. The Morgan fingerprint density at radius 1 is 1.15 bits per heavy atom. The number of aryl methyl sites for hydroxylation is 1. The number of hydrogen-bond acceptors (Lipinski definition) is 4. The molecule has 0 aliphatic heterocycles. The second-order valence-corrected chi connectivity index (χ2v) is 5.27. The Kier molecular flexibility index (Phi) is 4.23. The van der Waals surface area contributed by atoms with Crippen molar-refractivity contribution in [3.05, 3.63) is 41.9 Å². The van der Waals surface area contributed by atoms with E-state index in [1.165, 1.54) is 0 Å². The van der Waals surface area contributed by atoms with Crippen LogP contribution >= 0.6 is 0 Å². The number of benzene rings is 1. The molecule has 0 aliphatic carbocycles. The monoisotopic (exact) mass is 274 g/mol. The second kappa shape index (κ2) is 5.90. The molecule has 20 heavy (non-hydrogen) atoms. The summed E-state index contributed by atoms with van der Waals surface area (Å²) in [5.41, 5.74) is 7.50. The maximum atomic E-state index is 5.91. The van der Waals surface area contributed by atoms with E-state index < -0.39 is 0 Å². The number of furan rings is 1. The van der Waals surface area contributed by atoms with Crippen LogP contribution in [0.4, 0.5) is 11.4 Å². The molecule has 0 saturated carbocycles. The van der Waals surface area contributed by atoms with Crippen molar-refractivity contribution in [2.75, 3.05) is 11.1 Å². The van der Waals surface area contributed by atoms with E-state index >= 15 is 0 Å². The molecule has 3 N–H and O–H groups in total. The molecule has 1 aromatic carbocycles. The molecule has 4 nitrogen and oxygen atoms in total. The van der Waals surface area contributed by atoms with Gasteiger partial charge in [0.1, 0.15) is 17.3 Å². The molecule has 4 heteroatoms. The zero-order valence-electron chi connectivity index (χ0n) is 12.4. The third kappa shape index (κ3) is 3.70. The highest BCUT2D eigenvalue weighted by Gasteiger charge is 2.10. The fraction of sp³-hybridized carbons (Fsp3) is 0.375. The first-order valence-corrected chi connectivity index (χ1v) is 6.84. The fourth-order valence-corrected chi connectivity index (χ4v) is 2.05. The number of hydrogen-bond donors (Lipinski definition) is 2. The summed E-state index contributed by atoms with van der Waals surface area (Å²) in [6.07, 6.45) is 0.120. The minimum Gasteiger partial charge on any atom is -0.491 e. The average molecular weight is 274 g/mol. The third-order valence-electron chi connectivity index (χ3n) is 2.87. The Morgan fingerprint density at radius 2 is 1.90 bits per heavy atom. The van der Waals surface area contributed by atoms with Crippen LogP contribution in [0.1, 0.15) is 38.3 Å². The van der Waals surface area contributed by atoms with Crippen molar-refractivity contribution in [3.63, 3.8) is 0 Å². The standard InChI is InChI=1S/C16H22N2O2/c1-10(2)19-15-8-13(17)7-14(9-15)18-12(4)16-6-5-11(3)20-16/h5-10,12,18H,17H2,1-4H3. The maximum absolute atomic E-state index is 5.91. The maximum Gasteiger partial charge on any atom is 0.126 e. The molecule has 0 bridgehead atoms. The van der Waals surface area contributed by atoms with Crippen molar-refractivity contribution in [1.29, 1.82) is 0 Å². The molecule has 1 unspecified atom stereocenters. The minimum atomic E-state index is 0.0670. The Balaban J connectivity index is 2.14.